The average molecular weight is 231 g/mol. The van der Waals surface area contributed by atoms with E-state index in [1.54, 1.807) is 0 Å². The van der Waals surface area contributed by atoms with Crippen LogP contribution < -0.4 is 0 Å². The van der Waals surface area contributed by atoms with Crippen molar-refractivity contribution in [2.75, 3.05) is 0 Å². The maximum atomic E-state index is 8.58. The fourth-order valence-corrected chi connectivity index (χ4v) is 1.17. The van der Waals surface area contributed by atoms with Gasteiger partial charge in [0.05, 0.1) is 10.0 Å². The Labute approximate surface area is 77.9 Å². The number of hydrogen-bond donors (Lipinski definition) is 0. The second-order valence-corrected chi connectivity index (χ2v) is 3.16. The smallest absolute Gasteiger partial charge is 0.143 e. The molecule has 0 spiro atoms. The second-order valence-electron chi connectivity index (χ2n) is 2.01. The number of rotatable bonds is 0. The third-order valence-electron chi connectivity index (χ3n) is 1.34. The van der Waals surface area contributed by atoms with Gasteiger partial charge in [-0.2, -0.15) is 5.26 Å². The summed E-state index contributed by atoms with van der Waals surface area (Å²) >= 11 is 8.90. The van der Waals surface area contributed by atoms with Crippen LogP contribution in [0.15, 0.2) is 10.7 Å². The maximum Gasteiger partial charge on any atom is 0.143 e. The van der Waals surface area contributed by atoms with Crippen molar-refractivity contribution in [2.45, 2.75) is 6.92 Å². The highest BCUT2D eigenvalue weighted by atomic mass is 79.9. The summed E-state index contributed by atoms with van der Waals surface area (Å²) in [4.78, 5) is 3.81. The largest absolute Gasteiger partial charge is 0.242 e. The van der Waals surface area contributed by atoms with Crippen LogP contribution in [0.25, 0.3) is 0 Å². The van der Waals surface area contributed by atoms with Gasteiger partial charge in [-0.25, -0.2) is 4.98 Å². The van der Waals surface area contributed by atoms with Crippen LogP contribution in [-0.4, -0.2) is 4.98 Å². The lowest BCUT2D eigenvalue weighted by Gasteiger charge is -2.00. The van der Waals surface area contributed by atoms with Crippen molar-refractivity contribution < 1.29 is 0 Å². The minimum absolute atomic E-state index is 0.390. The quantitative estimate of drug-likeness (QED) is 0.644. The molecule has 0 aliphatic rings. The maximum absolute atomic E-state index is 8.58. The van der Waals surface area contributed by atoms with E-state index in [-0.39, 0.29) is 0 Å². The highest BCUT2D eigenvalue weighted by Gasteiger charge is 2.05. The monoisotopic (exact) mass is 230 g/mol. The van der Waals surface area contributed by atoms with Gasteiger partial charge in [0.25, 0.3) is 0 Å². The topological polar surface area (TPSA) is 36.7 Å². The summed E-state index contributed by atoms with van der Waals surface area (Å²) in [5.74, 6) is 0. The van der Waals surface area contributed by atoms with Crippen molar-refractivity contribution in [3.63, 3.8) is 0 Å². The summed E-state index contributed by atoms with van der Waals surface area (Å²) in [6, 6.07) is 2.01. The van der Waals surface area contributed by atoms with Crippen molar-refractivity contribution in [3.05, 3.63) is 26.9 Å². The number of hydrogen-bond acceptors (Lipinski definition) is 2. The Balaban J connectivity index is 3.40. The van der Waals surface area contributed by atoms with Crippen LogP contribution in [0.2, 0.25) is 5.15 Å². The van der Waals surface area contributed by atoms with E-state index in [2.05, 4.69) is 20.9 Å². The van der Waals surface area contributed by atoms with Crippen molar-refractivity contribution in [1.29, 1.82) is 5.26 Å². The standard InChI is InChI=1S/C7H4BrClN2/c1-4-5(2-10)3-11-7(9)6(4)8/h3H,1H3. The van der Waals surface area contributed by atoms with Gasteiger partial charge in [0, 0.05) is 6.20 Å². The first-order chi connectivity index (χ1) is 5.16. The zero-order valence-corrected chi connectivity index (χ0v) is 8.07. The van der Waals surface area contributed by atoms with Gasteiger partial charge in [-0.15, -0.1) is 0 Å². The van der Waals surface area contributed by atoms with Gasteiger partial charge < -0.3 is 0 Å². The molecule has 0 saturated carbocycles. The van der Waals surface area contributed by atoms with Crippen molar-refractivity contribution in [3.8, 4) is 6.07 Å². The van der Waals surface area contributed by atoms with Crippen molar-refractivity contribution in [2.24, 2.45) is 0 Å². The van der Waals surface area contributed by atoms with Crippen LogP contribution in [0.5, 0.6) is 0 Å². The number of halogens is 2. The Bertz CT molecular complexity index is 330. The molecule has 1 aromatic rings. The third-order valence-corrected chi connectivity index (χ3v) is 2.83. The Morgan fingerprint density at radius 2 is 2.36 bits per heavy atom. The van der Waals surface area contributed by atoms with Crippen LogP contribution in [0, 0.1) is 18.3 Å². The van der Waals surface area contributed by atoms with Crippen LogP contribution >= 0.6 is 27.5 Å². The predicted molar refractivity (Wildman–Crippen MR) is 46.4 cm³/mol. The lowest BCUT2D eigenvalue weighted by molar-refractivity contribution is 1.23. The zero-order valence-electron chi connectivity index (χ0n) is 5.73. The summed E-state index contributed by atoms with van der Waals surface area (Å²) in [7, 11) is 0. The van der Waals surface area contributed by atoms with Gasteiger partial charge in [-0.3, -0.25) is 0 Å². The van der Waals surface area contributed by atoms with Crippen molar-refractivity contribution >= 4 is 27.5 Å². The van der Waals surface area contributed by atoms with Crippen molar-refractivity contribution in [1.82, 2.24) is 4.98 Å². The van der Waals surface area contributed by atoms with E-state index in [4.69, 9.17) is 16.9 Å². The Kier molecular flexibility index (Phi) is 2.48. The second kappa shape index (κ2) is 3.21. The van der Waals surface area contributed by atoms with Crippen LogP contribution in [0.3, 0.4) is 0 Å². The van der Waals surface area contributed by atoms with Crippen LogP contribution in [-0.2, 0) is 0 Å². The average Bonchev–Trinajstić information content (AvgIpc) is 2.01. The molecule has 0 unspecified atom stereocenters. The number of nitriles is 1. The molecule has 0 N–H and O–H groups in total. The molecule has 1 rings (SSSR count). The van der Waals surface area contributed by atoms with E-state index in [0.29, 0.717) is 15.2 Å². The fourth-order valence-electron chi connectivity index (χ4n) is 0.660. The molecule has 0 radical (unpaired) electrons. The normalized spacial score (nSPS) is 9.27. The summed E-state index contributed by atoms with van der Waals surface area (Å²) in [6.07, 6.45) is 1.46. The SMILES string of the molecule is Cc1c(C#N)cnc(Cl)c1Br. The summed E-state index contributed by atoms with van der Waals surface area (Å²) in [5, 5.41) is 8.97. The van der Waals surface area contributed by atoms with Crippen LogP contribution in [0.4, 0.5) is 0 Å². The van der Waals surface area contributed by atoms with E-state index in [1.165, 1.54) is 6.20 Å². The minimum Gasteiger partial charge on any atom is -0.242 e. The molecule has 0 saturated heterocycles. The Morgan fingerprint density at radius 3 is 2.91 bits per heavy atom. The number of aromatic nitrogens is 1. The van der Waals surface area contributed by atoms with E-state index < -0.39 is 0 Å². The van der Waals surface area contributed by atoms with E-state index in [0.717, 1.165) is 5.56 Å². The van der Waals surface area contributed by atoms with Gasteiger partial charge in [0.1, 0.15) is 11.2 Å². The molecular formula is C7H4BrClN2. The Hall–Kier alpha value is -0.590. The Morgan fingerprint density at radius 1 is 1.73 bits per heavy atom. The first-order valence-electron chi connectivity index (χ1n) is 2.87. The molecule has 0 amide bonds. The fraction of sp³-hybridized carbons (Fsp3) is 0.143. The van der Waals surface area contributed by atoms with Crippen LogP contribution in [0.1, 0.15) is 11.1 Å². The van der Waals surface area contributed by atoms with E-state index in [1.807, 2.05) is 13.0 Å². The molecule has 0 atom stereocenters. The number of nitrogens with zero attached hydrogens (tertiary/aromatic N) is 2. The molecule has 0 aliphatic carbocycles. The first-order valence-corrected chi connectivity index (χ1v) is 4.04. The van der Waals surface area contributed by atoms with E-state index >= 15 is 0 Å². The lowest BCUT2D eigenvalue weighted by Crippen LogP contribution is -1.87. The number of pyridine rings is 1. The molecule has 11 heavy (non-hydrogen) atoms. The molecule has 2 nitrogen and oxygen atoms in total. The molecule has 0 fully saturated rings. The zero-order chi connectivity index (χ0) is 8.43. The minimum atomic E-state index is 0.390. The summed E-state index contributed by atoms with van der Waals surface area (Å²) in [5.41, 5.74) is 1.37. The van der Waals surface area contributed by atoms with Gasteiger partial charge in [0.2, 0.25) is 0 Å². The molecule has 56 valence electrons. The van der Waals surface area contributed by atoms with Gasteiger partial charge in [-0.1, -0.05) is 11.6 Å². The highest BCUT2D eigenvalue weighted by molar-refractivity contribution is 9.10. The molecule has 1 heterocycles. The van der Waals surface area contributed by atoms with E-state index in [9.17, 15) is 0 Å². The van der Waals surface area contributed by atoms with Gasteiger partial charge >= 0.3 is 0 Å². The highest BCUT2D eigenvalue weighted by Crippen LogP contribution is 2.25. The summed E-state index contributed by atoms with van der Waals surface area (Å²) < 4.78 is 0.693. The predicted octanol–water partition coefficient (Wildman–Crippen LogP) is 2.68. The molecule has 0 aromatic carbocycles. The van der Waals surface area contributed by atoms with Gasteiger partial charge in [0.15, 0.2) is 0 Å². The van der Waals surface area contributed by atoms with Gasteiger partial charge in [-0.05, 0) is 28.4 Å². The molecule has 1 aromatic heterocycles. The third kappa shape index (κ3) is 1.52. The molecular weight excluding hydrogens is 227 g/mol. The molecule has 0 bridgehead atoms. The molecule has 0 aliphatic heterocycles. The first kappa shape index (κ1) is 8.51. The summed E-state index contributed by atoms with van der Waals surface area (Å²) in [6.45, 7) is 1.82. The molecule has 4 heteroatoms. The lowest BCUT2D eigenvalue weighted by atomic mass is 10.2.